The second kappa shape index (κ2) is 5.17. The van der Waals surface area contributed by atoms with Gasteiger partial charge in [0, 0.05) is 24.5 Å². The number of carbonyl (C=O) groups excluding carboxylic acids is 1. The van der Waals surface area contributed by atoms with Crippen LogP contribution in [0.1, 0.15) is 24.8 Å². The largest absolute Gasteiger partial charge is 0.353 e. The minimum Gasteiger partial charge on any atom is -0.353 e. The standard InChI is InChI=1S/C12H18ClN3OS/c1-12(2)11(17)15-5-6-16(12)8(7-14)9-3-4-10(13)18-9/h3-4,8H,5-7,14H2,1-2H3,(H,15,17). The van der Waals surface area contributed by atoms with Crippen LogP contribution in [0.4, 0.5) is 0 Å². The normalized spacial score (nSPS) is 21.7. The number of halogens is 1. The van der Waals surface area contributed by atoms with Crippen LogP contribution in [0.2, 0.25) is 4.34 Å². The molecule has 1 atom stereocenters. The Morgan fingerprint density at radius 2 is 2.33 bits per heavy atom. The molecule has 1 aliphatic rings. The average Bonchev–Trinajstić information content (AvgIpc) is 2.72. The van der Waals surface area contributed by atoms with Crippen LogP contribution < -0.4 is 11.1 Å². The first kappa shape index (κ1) is 13.8. The van der Waals surface area contributed by atoms with Crippen LogP contribution in [-0.4, -0.2) is 36.0 Å². The van der Waals surface area contributed by atoms with E-state index in [0.29, 0.717) is 13.1 Å². The molecule has 18 heavy (non-hydrogen) atoms. The summed E-state index contributed by atoms with van der Waals surface area (Å²) in [4.78, 5) is 15.2. The zero-order chi connectivity index (χ0) is 13.3. The van der Waals surface area contributed by atoms with Crippen molar-refractivity contribution in [3.63, 3.8) is 0 Å². The molecule has 1 fully saturated rings. The third-order valence-corrected chi connectivity index (χ3v) is 4.77. The first-order valence-corrected chi connectivity index (χ1v) is 7.16. The molecule has 0 aliphatic carbocycles. The molecule has 0 radical (unpaired) electrons. The summed E-state index contributed by atoms with van der Waals surface area (Å²) in [5.74, 6) is 0.0508. The minimum atomic E-state index is -0.543. The van der Waals surface area contributed by atoms with Gasteiger partial charge in [-0.1, -0.05) is 11.6 Å². The number of hydrogen-bond donors (Lipinski definition) is 2. The van der Waals surface area contributed by atoms with Crippen molar-refractivity contribution in [2.75, 3.05) is 19.6 Å². The number of carbonyl (C=O) groups is 1. The maximum atomic E-state index is 12.0. The number of hydrogen-bond acceptors (Lipinski definition) is 4. The van der Waals surface area contributed by atoms with E-state index in [1.54, 1.807) is 0 Å². The summed E-state index contributed by atoms with van der Waals surface area (Å²) in [5, 5.41) is 2.89. The van der Waals surface area contributed by atoms with Crippen LogP contribution in [0.5, 0.6) is 0 Å². The van der Waals surface area contributed by atoms with Gasteiger partial charge in [-0.15, -0.1) is 11.3 Å². The van der Waals surface area contributed by atoms with E-state index in [9.17, 15) is 4.79 Å². The van der Waals surface area contributed by atoms with E-state index in [1.807, 2.05) is 26.0 Å². The molecular weight excluding hydrogens is 270 g/mol. The summed E-state index contributed by atoms with van der Waals surface area (Å²) in [6.45, 7) is 5.81. The van der Waals surface area contributed by atoms with Crippen molar-refractivity contribution in [3.05, 3.63) is 21.3 Å². The fraction of sp³-hybridized carbons (Fsp3) is 0.583. The molecular formula is C12H18ClN3OS. The Bertz CT molecular complexity index is 446. The van der Waals surface area contributed by atoms with Crippen molar-refractivity contribution in [2.45, 2.75) is 25.4 Å². The molecule has 0 spiro atoms. The van der Waals surface area contributed by atoms with Crippen molar-refractivity contribution in [3.8, 4) is 0 Å². The van der Waals surface area contributed by atoms with Crippen LogP contribution in [0, 0.1) is 0 Å². The van der Waals surface area contributed by atoms with Gasteiger partial charge in [0.25, 0.3) is 0 Å². The maximum Gasteiger partial charge on any atom is 0.240 e. The van der Waals surface area contributed by atoms with Gasteiger partial charge in [-0.25, -0.2) is 0 Å². The molecule has 4 nitrogen and oxygen atoms in total. The predicted octanol–water partition coefficient (Wildman–Crippen LogP) is 1.61. The lowest BCUT2D eigenvalue weighted by atomic mass is 9.96. The summed E-state index contributed by atoms with van der Waals surface area (Å²) in [6, 6.07) is 3.91. The molecule has 2 heterocycles. The second-order valence-electron chi connectivity index (χ2n) is 4.90. The average molecular weight is 288 g/mol. The summed E-state index contributed by atoms with van der Waals surface area (Å²) in [5.41, 5.74) is 5.36. The van der Waals surface area contributed by atoms with Crippen LogP contribution in [-0.2, 0) is 4.79 Å². The van der Waals surface area contributed by atoms with Crippen molar-refractivity contribution in [2.24, 2.45) is 5.73 Å². The van der Waals surface area contributed by atoms with E-state index < -0.39 is 5.54 Å². The number of amides is 1. The number of nitrogens with two attached hydrogens (primary N) is 1. The second-order valence-corrected chi connectivity index (χ2v) is 6.65. The number of nitrogens with zero attached hydrogens (tertiary/aromatic N) is 1. The van der Waals surface area contributed by atoms with Gasteiger partial charge in [0.05, 0.1) is 15.9 Å². The number of thiophene rings is 1. The molecule has 0 aromatic carbocycles. The topological polar surface area (TPSA) is 58.4 Å². The Labute approximate surface area is 116 Å². The SMILES string of the molecule is CC1(C)C(=O)NCCN1C(CN)c1ccc(Cl)s1. The zero-order valence-corrected chi connectivity index (χ0v) is 12.1. The minimum absolute atomic E-state index is 0.0450. The first-order chi connectivity index (χ1) is 8.46. The van der Waals surface area contributed by atoms with Gasteiger partial charge in [-0.2, -0.15) is 0 Å². The predicted molar refractivity (Wildman–Crippen MR) is 74.9 cm³/mol. The third kappa shape index (κ3) is 2.40. The first-order valence-electron chi connectivity index (χ1n) is 5.97. The van der Waals surface area contributed by atoms with Crippen molar-refractivity contribution >= 4 is 28.8 Å². The van der Waals surface area contributed by atoms with Gasteiger partial charge in [0.15, 0.2) is 0 Å². The number of rotatable bonds is 3. The quantitative estimate of drug-likeness (QED) is 0.888. The third-order valence-electron chi connectivity index (χ3n) is 3.43. The molecule has 1 aromatic rings. The van der Waals surface area contributed by atoms with E-state index in [-0.39, 0.29) is 11.9 Å². The van der Waals surface area contributed by atoms with Gasteiger partial charge in [0.2, 0.25) is 5.91 Å². The van der Waals surface area contributed by atoms with E-state index >= 15 is 0 Å². The lowest BCUT2D eigenvalue weighted by Gasteiger charge is -2.45. The van der Waals surface area contributed by atoms with Crippen molar-refractivity contribution in [1.29, 1.82) is 0 Å². The molecule has 100 valence electrons. The fourth-order valence-corrected chi connectivity index (χ4v) is 3.55. The highest BCUT2D eigenvalue weighted by Gasteiger charge is 2.41. The molecule has 3 N–H and O–H groups in total. The van der Waals surface area contributed by atoms with Crippen LogP contribution >= 0.6 is 22.9 Å². The smallest absolute Gasteiger partial charge is 0.240 e. The van der Waals surface area contributed by atoms with Gasteiger partial charge in [0.1, 0.15) is 0 Å². The Morgan fingerprint density at radius 1 is 1.61 bits per heavy atom. The summed E-state index contributed by atoms with van der Waals surface area (Å²) in [7, 11) is 0. The molecule has 1 amide bonds. The lowest BCUT2D eigenvalue weighted by molar-refractivity contribution is -0.137. The summed E-state index contributed by atoms with van der Waals surface area (Å²) >= 11 is 7.51. The molecule has 1 aromatic heterocycles. The van der Waals surface area contributed by atoms with Crippen molar-refractivity contribution < 1.29 is 4.79 Å². The van der Waals surface area contributed by atoms with Crippen LogP contribution in [0.25, 0.3) is 0 Å². The summed E-state index contributed by atoms with van der Waals surface area (Å²) < 4.78 is 0.753. The van der Waals surface area contributed by atoms with E-state index in [0.717, 1.165) is 15.8 Å². The number of piperazine rings is 1. The molecule has 2 rings (SSSR count). The van der Waals surface area contributed by atoms with Gasteiger partial charge in [-0.05, 0) is 26.0 Å². The molecule has 0 saturated carbocycles. The lowest BCUT2D eigenvalue weighted by Crippen LogP contribution is -2.63. The molecule has 6 heteroatoms. The molecule has 0 bridgehead atoms. The Hall–Kier alpha value is -0.620. The Kier molecular flexibility index (Phi) is 3.96. The van der Waals surface area contributed by atoms with E-state index in [2.05, 4.69) is 10.2 Å². The maximum absolute atomic E-state index is 12.0. The fourth-order valence-electron chi connectivity index (χ4n) is 2.37. The molecule has 1 aliphatic heterocycles. The monoisotopic (exact) mass is 287 g/mol. The Morgan fingerprint density at radius 3 is 2.89 bits per heavy atom. The Balaban J connectivity index is 2.29. The van der Waals surface area contributed by atoms with Gasteiger partial charge >= 0.3 is 0 Å². The van der Waals surface area contributed by atoms with E-state index in [4.69, 9.17) is 17.3 Å². The summed E-state index contributed by atoms with van der Waals surface area (Å²) in [6.07, 6.45) is 0. The highest BCUT2D eigenvalue weighted by Crippen LogP contribution is 2.34. The molecule has 1 unspecified atom stereocenters. The van der Waals surface area contributed by atoms with Crippen LogP contribution in [0.3, 0.4) is 0 Å². The van der Waals surface area contributed by atoms with Crippen molar-refractivity contribution in [1.82, 2.24) is 10.2 Å². The van der Waals surface area contributed by atoms with E-state index in [1.165, 1.54) is 11.3 Å². The zero-order valence-electron chi connectivity index (χ0n) is 10.6. The van der Waals surface area contributed by atoms with Crippen LogP contribution in [0.15, 0.2) is 12.1 Å². The highest BCUT2D eigenvalue weighted by molar-refractivity contribution is 7.16. The van der Waals surface area contributed by atoms with Gasteiger partial charge in [-0.3, -0.25) is 9.69 Å². The molecule has 1 saturated heterocycles. The highest BCUT2D eigenvalue weighted by atomic mass is 35.5. The number of nitrogens with one attached hydrogen (secondary N) is 1. The van der Waals surface area contributed by atoms with Gasteiger partial charge < -0.3 is 11.1 Å².